The summed E-state index contributed by atoms with van der Waals surface area (Å²) < 4.78 is 21.7. The molecule has 2 amide bonds. The fourth-order valence-electron chi connectivity index (χ4n) is 3.25. The minimum Gasteiger partial charge on any atom is -0.493 e. The Morgan fingerprint density at radius 2 is 1.53 bits per heavy atom. The van der Waals surface area contributed by atoms with E-state index in [2.05, 4.69) is 10.6 Å². The second-order valence-electron chi connectivity index (χ2n) is 6.73. The van der Waals surface area contributed by atoms with Crippen LogP contribution in [0, 0.1) is 6.92 Å². The van der Waals surface area contributed by atoms with Crippen LogP contribution < -0.4 is 29.6 Å². The number of aryl methyl sites for hydroxylation is 1. The summed E-state index contributed by atoms with van der Waals surface area (Å²) in [5.41, 5.74) is 2.29. The van der Waals surface area contributed by atoms with E-state index < -0.39 is 18.0 Å². The van der Waals surface area contributed by atoms with Gasteiger partial charge < -0.3 is 29.6 Å². The maximum absolute atomic E-state index is 13.0. The van der Waals surface area contributed by atoms with Crippen molar-refractivity contribution in [2.45, 2.75) is 19.9 Å². The highest BCUT2D eigenvalue weighted by molar-refractivity contribution is 5.96. The van der Waals surface area contributed by atoms with Crippen LogP contribution in [0.5, 0.6) is 23.0 Å². The van der Waals surface area contributed by atoms with Gasteiger partial charge >= 0.3 is 12.0 Å². The summed E-state index contributed by atoms with van der Waals surface area (Å²) in [5.74, 6) is 1.05. The molecule has 2 aromatic carbocycles. The fraction of sp³-hybridized carbons (Fsp3) is 0.273. The molecule has 2 aromatic rings. The van der Waals surface area contributed by atoms with Gasteiger partial charge in [-0.25, -0.2) is 9.59 Å². The molecule has 0 saturated heterocycles. The average Bonchev–Trinajstić information content (AvgIpc) is 2.73. The van der Waals surface area contributed by atoms with E-state index in [4.69, 9.17) is 18.9 Å². The molecule has 1 unspecified atom stereocenters. The van der Waals surface area contributed by atoms with E-state index >= 15 is 0 Å². The topological polar surface area (TPSA) is 95.1 Å². The van der Waals surface area contributed by atoms with Gasteiger partial charge in [0, 0.05) is 5.70 Å². The highest BCUT2D eigenvalue weighted by Gasteiger charge is 2.34. The quantitative estimate of drug-likeness (QED) is 0.559. The largest absolute Gasteiger partial charge is 0.493 e. The Morgan fingerprint density at radius 3 is 2.07 bits per heavy atom. The summed E-state index contributed by atoms with van der Waals surface area (Å²) in [6.45, 7) is 3.59. The smallest absolute Gasteiger partial charge is 0.343 e. The zero-order valence-electron chi connectivity index (χ0n) is 17.5. The monoisotopic (exact) mass is 412 g/mol. The van der Waals surface area contributed by atoms with Crippen molar-refractivity contribution in [2.75, 3.05) is 21.3 Å². The standard InChI is InChI=1S/C22H24N2O6/c1-12-6-8-15(9-7-12)30-21(25)18-13(2)23-22(26)24-19(18)14-10-16(27-3)20(29-5)17(11-14)28-4/h6-11,19H,1-5H3,(H2,23,24,26). The van der Waals surface area contributed by atoms with Crippen molar-refractivity contribution in [2.24, 2.45) is 0 Å². The van der Waals surface area contributed by atoms with Gasteiger partial charge in [-0.3, -0.25) is 0 Å². The maximum atomic E-state index is 13.0. The van der Waals surface area contributed by atoms with Crippen molar-refractivity contribution >= 4 is 12.0 Å². The molecule has 8 nitrogen and oxygen atoms in total. The van der Waals surface area contributed by atoms with Crippen LogP contribution in [0.25, 0.3) is 0 Å². The number of amides is 2. The molecule has 0 saturated carbocycles. The van der Waals surface area contributed by atoms with E-state index in [9.17, 15) is 9.59 Å². The molecule has 8 heteroatoms. The second kappa shape index (κ2) is 8.77. The van der Waals surface area contributed by atoms with E-state index in [0.29, 0.717) is 34.3 Å². The predicted octanol–water partition coefficient (Wildman–Crippen LogP) is 3.25. The minimum atomic E-state index is -0.773. The van der Waals surface area contributed by atoms with E-state index in [0.717, 1.165) is 5.56 Å². The number of hydrogen-bond acceptors (Lipinski definition) is 6. The zero-order valence-corrected chi connectivity index (χ0v) is 17.5. The van der Waals surface area contributed by atoms with Crippen LogP contribution >= 0.6 is 0 Å². The average molecular weight is 412 g/mol. The van der Waals surface area contributed by atoms with Crippen LogP contribution in [0.3, 0.4) is 0 Å². The Balaban J connectivity index is 2.03. The van der Waals surface area contributed by atoms with E-state index in [1.54, 1.807) is 31.2 Å². The molecular formula is C22H24N2O6. The Kier molecular flexibility index (Phi) is 6.15. The Hall–Kier alpha value is -3.68. The van der Waals surface area contributed by atoms with Gasteiger partial charge in [-0.15, -0.1) is 0 Å². The van der Waals surface area contributed by atoms with Crippen LogP contribution in [0.15, 0.2) is 47.7 Å². The molecule has 0 aliphatic carbocycles. The van der Waals surface area contributed by atoms with Crippen LogP contribution in [-0.2, 0) is 4.79 Å². The minimum absolute atomic E-state index is 0.268. The Morgan fingerprint density at radius 1 is 0.933 bits per heavy atom. The van der Waals surface area contributed by atoms with E-state index in [-0.39, 0.29) is 5.57 Å². The Labute approximate surface area is 174 Å². The lowest BCUT2D eigenvalue weighted by Gasteiger charge is -2.29. The first-order chi connectivity index (χ1) is 14.4. The SMILES string of the molecule is COc1cc(C2NC(=O)NC(C)=C2C(=O)Oc2ccc(C)cc2)cc(OC)c1OC. The number of esters is 1. The van der Waals surface area contributed by atoms with Crippen LogP contribution in [-0.4, -0.2) is 33.3 Å². The van der Waals surface area contributed by atoms with Crippen LogP contribution in [0.2, 0.25) is 0 Å². The summed E-state index contributed by atoms with van der Waals surface area (Å²) in [5, 5.41) is 5.39. The molecule has 2 N–H and O–H groups in total. The number of urea groups is 1. The number of hydrogen-bond donors (Lipinski definition) is 2. The molecule has 30 heavy (non-hydrogen) atoms. The van der Waals surface area contributed by atoms with Crippen molar-refractivity contribution < 1.29 is 28.5 Å². The number of methoxy groups -OCH3 is 3. The highest BCUT2D eigenvalue weighted by Crippen LogP contribution is 2.41. The lowest BCUT2D eigenvalue weighted by atomic mass is 9.95. The molecule has 1 aliphatic heterocycles. The van der Waals surface area contributed by atoms with Crippen molar-refractivity contribution in [1.82, 2.24) is 10.6 Å². The molecule has 1 heterocycles. The zero-order chi connectivity index (χ0) is 21.8. The molecule has 0 spiro atoms. The molecule has 0 bridgehead atoms. The number of nitrogens with one attached hydrogen (secondary N) is 2. The van der Waals surface area contributed by atoms with Crippen LogP contribution in [0.1, 0.15) is 24.1 Å². The molecule has 0 fully saturated rings. The second-order valence-corrected chi connectivity index (χ2v) is 6.73. The molecule has 0 radical (unpaired) electrons. The van der Waals surface area contributed by atoms with E-state index in [1.807, 2.05) is 19.1 Å². The van der Waals surface area contributed by atoms with Crippen molar-refractivity contribution in [3.63, 3.8) is 0 Å². The van der Waals surface area contributed by atoms with Gasteiger partial charge in [0.25, 0.3) is 0 Å². The molecule has 0 aromatic heterocycles. The number of rotatable bonds is 6. The normalized spacial score (nSPS) is 15.8. The molecule has 1 aliphatic rings. The molecular weight excluding hydrogens is 388 g/mol. The number of ether oxygens (including phenoxy) is 4. The number of benzene rings is 2. The van der Waals surface area contributed by atoms with Gasteiger partial charge in [0.2, 0.25) is 5.75 Å². The number of carbonyl (C=O) groups excluding carboxylic acids is 2. The molecule has 1 atom stereocenters. The van der Waals surface area contributed by atoms with Gasteiger partial charge in [0.05, 0.1) is 32.9 Å². The summed E-state index contributed by atoms with van der Waals surface area (Å²) in [4.78, 5) is 25.2. The van der Waals surface area contributed by atoms with Gasteiger partial charge in [0.15, 0.2) is 11.5 Å². The van der Waals surface area contributed by atoms with Crippen molar-refractivity contribution in [1.29, 1.82) is 0 Å². The van der Waals surface area contributed by atoms with E-state index in [1.165, 1.54) is 21.3 Å². The molecule has 158 valence electrons. The summed E-state index contributed by atoms with van der Waals surface area (Å²) in [6.07, 6.45) is 0. The predicted molar refractivity (Wildman–Crippen MR) is 110 cm³/mol. The van der Waals surface area contributed by atoms with Crippen LogP contribution in [0.4, 0.5) is 4.79 Å². The number of allylic oxidation sites excluding steroid dienone is 1. The lowest BCUT2D eigenvalue weighted by molar-refractivity contribution is -0.130. The molecule has 3 rings (SSSR count). The van der Waals surface area contributed by atoms with Gasteiger partial charge in [-0.2, -0.15) is 0 Å². The first-order valence-corrected chi connectivity index (χ1v) is 9.25. The summed E-state index contributed by atoms with van der Waals surface area (Å²) >= 11 is 0. The third-order valence-electron chi connectivity index (χ3n) is 4.74. The van der Waals surface area contributed by atoms with Gasteiger partial charge in [-0.05, 0) is 43.7 Å². The summed E-state index contributed by atoms with van der Waals surface area (Å²) in [6, 6.07) is 9.29. The highest BCUT2D eigenvalue weighted by atomic mass is 16.5. The maximum Gasteiger partial charge on any atom is 0.343 e. The fourth-order valence-corrected chi connectivity index (χ4v) is 3.25. The Bertz CT molecular complexity index is 972. The van der Waals surface area contributed by atoms with Crippen molar-refractivity contribution in [3.05, 3.63) is 58.8 Å². The third kappa shape index (κ3) is 4.17. The first-order valence-electron chi connectivity index (χ1n) is 9.25. The lowest BCUT2D eigenvalue weighted by Crippen LogP contribution is -2.45. The summed E-state index contributed by atoms with van der Waals surface area (Å²) in [7, 11) is 4.49. The first kappa shape index (κ1) is 21.0. The van der Waals surface area contributed by atoms with Crippen molar-refractivity contribution in [3.8, 4) is 23.0 Å². The van der Waals surface area contributed by atoms with Gasteiger partial charge in [0.1, 0.15) is 5.75 Å². The van der Waals surface area contributed by atoms with Gasteiger partial charge in [-0.1, -0.05) is 17.7 Å². The number of carbonyl (C=O) groups is 2. The third-order valence-corrected chi connectivity index (χ3v) is 4.74.